The van der Waals surface area contributed by atoms with E-state index in [1.165, 1.54) is 11.3 Å². The summed E-state index contributed by atoms with van der Waals surface area (Å²) in [7, 11) is 1.70. The number of hydrogen-bond donors (Lipinski definition) is 0. The van der Waals surface area contributed by atoms with Crippen molar-refractivity contribution >= 4 is 5.69 Å². The first kappa shape index (κ1) is 21.3. The molecule has 164 valence electrons. The summed E-state index contributed by atoms with van der Waals surface area (Å²) < 4.78 is 7.29. The number of piperazine rings is 1. The van der Waals surface area contributed by atoms with Crippen LogP contribution in [0.3, 0.4) is 0 Å². The van der Waals surface area contributed by atoms with E-state index < -0.39 is 0 Å². The molecule has 31 heavy (non-hydrogen) atoms. The molecule has 1 aliphatic rings. The van der Waals surface area contributed by atoms with Crippen LogP contribution in [0.2, 0.25) is 0 Å². The van der Waals surface area contributed by atoms with Crippen LogP contribution in [0.4, 0.5) is 5.69 Å². The van der Waals surface area contributed by atoms with Crippen LogP contribution in [-0.4, -0.2) is 58.4 Å². The molecular weight excluding hydrogens is 388 g/mol. The topological polar surface area (TPSA) is 59.3 Å². The smallest absolute Gasteiger partial charge is 0.168 e. The van der Waals surface area contributed by atoms with E-state index in [1.54, 1.807) is 7.11 Å². The maximum atomic E-state index is 5.28. The number of benzene rings is 2. The molecule has 2 heterocycles. The highest BCUT2D eigenvalue weighted by Crippen LogP contribution is 2.27. The van der Waals surface area contributed by atoms with Gasteiger partial charge in [-0.2, -0.15) is 0 Å². The molecule has 0 aliphatic carbocycles. The van der Waals surface area contributed by atoms with E-state index in [9.17, 15) is 0 Å². The van der Waals surface area contributed by atoms with Gasteiger partial charge in [0.25, 0.3) is 0 Å². The number of nitrogens with zero attached hydrogens (tertiary/aromatic N) is 6. The van der Waals surface area contributed by atoms with Crippen molar-refractivity contribution in [1.82, 2.24) is 25.1 Å². The number of hydrogen-bond acceptors (Lipinski definition) is 6. The Balaban J connectivity index is 1.41. The molecule has 1 fully saturated rings. The van der Waals surface area contributed by atoms with Crippen LogP contribution in [0.1, 0.15) is 37.2 Å². The largest absolute Gasteiger partial charge is 0.497 e. The van der Waals surface area contributed by atoms with E-state index in [1.807, 2.05) is 16.8 Å². The molecule has 3 aromatic rings. The summed E-state index contributed by atoms with van der Waals surface area (Å²) in [5, 5.41) is 12.8. The second-order valence-electron chi connectivity index (χ2n) is 8.02. The Labute approximate surface area is 184 Å². The molecular formula is C24H32N6O. The second-order valence-corrected chi connectivity index (χ2v) is 8.02. The van der Waals surface area contributed by atoms with E-state index in [2.05, 4.69) is 74.7 Å². The van der Waals surface area contributed by atoms with Crippen molar-refractivity contribution in [1.29, 1.82) is 0 Å². The van der Waals surface area contributed by atoms with Crippen molar-refractivity contribution in [2.45, 2.75) is 38.8 Å². The van der Waals surface area contributed by atoms with Crippen molar-refractivity contribution in [3.05, 3.63) is 66.0 Å². The van der Waals surface area contributed by atoms with Gasteiger partial charge in [-0.15, -0.1) is 5.10 Å². The Bertz CT molecular complexity index is 919. The van der Waals surface area contributed by atoms with Crippen LogP contribution in [0.15, 0.2) is 54.6 Å². The lowest BCUT2D eigenvalue weighted by Crippen LogP contribution is -2.48. The summed E-state index contributed by atoms with van der Waals surface area (Å²) in [4.78, 5) is 4.99. The summed E-state index contributed by atoms with van der Waals surface area (Å²) in [6, 6.07) is 19.1. The Kier molecular flexibility index (Phi) is 7.14. The standard InChI is InChI=1S/C24H32N6O/c1-3-7-23(24-25-26-27-30(24)15-14-20-8-5-4-6-9-20)29-18-16-28(17-19-29)21-10-12-22(31-2)13-11-21/h4-6,8-13,23H,3,7,14-19H2,1-2H3. The third kappa shape index (κ3) is 5.22. The van der Waals surface area contributed by atoms with Crippen LogP contribution in [0.25, 0.3) is 0 Å². The fraction of sp³-hybridized carbons (Fsp3) is 0.458. The minimum atomic E-state index is 0.258. The average molecular weight is 421 g/mol. The molecule has 0 bridgehead atoms. The summed E-state index contributed by atoms with van der Waals surface area (Å²) in [6.07, 6.45) is 3.10. The molecule has 0 N–H and O–H groups in total. The lowest BCUT2D eigenvalue weighted by atomic mass is 10.1. The zero-order valence-corrected chi connectivity index (χ0v) is 18.5. The van der Waals surface area contributed by atoms with Gasteiger partial charge in [-0.1, -0.05) is 43.7 Å². The van der Waals surface area contributed by atoms with Gasteiger partial charge in [-0.3, -0.25) is 4.90 Å². The first-order chi connectivity index (χ1) is 15.3. The lowest BCUT2D eigenvalue weighted by Gasteiger charge is -2.39. The molecule has 1 aromatic heterocycles. The summed E-state index contributed by atoms with van der Waals surface area (Å²) in [5.74, 6) is 1.89. The van der Waals surface area contributed by atoms with E-state index in [0.29, 0.717) is 0 Å². The van der Waals surface area contributed by atoms with Crippen LogP contribution >= 0.6 is 0 Å². The molecule has 7 nitrogen and oxygen atoms in total. The predicted molar refractivity (Wildman–Crippen MR) is 122 cm³/mol. The molecule has 0 spiro atoms. The number of tetrazole rings is 1. The van der Waals surface area contributed by atoms with E-state index in [-0.39, 0.29) is 6.04 Å². The Morgan fingerprint density at radius 2 is 1.71 bits per heavy atom. The maximum Gasteiger partial charge on any atom is 0.168 e. The third-order valence-corrected chi connectivity index (χ3v) is 6.07. The molecule has 1 aliphatic heterocycles. The molecule has 2 aromatic carbocycles. The van der Waals surface area contributed by atoms with Gasteiger partial charge in [0.05, 0.1) is 13.2 Å². The number of aryl methyl sites for hydroxylation is 2. The van der Waals surface area contributed by atoms with E-state index in [4.69, 9.17) is 4.74 Å². The molecule has 1 saturated heterocycles. The van der Waals surface area contributed by atoms with Gasteiger partial charge in [0.2, 0.25) is 0 Å². The zero-order valence-electron chi connectivity index (χ0n) is 18.5. The first-order valence-electron chi connectivity index (χ1n) is 11.2. The van der Waals surface area contributed by atoms with Gasteiger partial charge in [-0.05, 0) is 53.1 Å². The van der Waals surface area contributed by atoms with E-state index >= 15 is 0 Å². The average Bonchev–Trinajstić information content (AvgIpc) is 3.30. The highest BCUT2D eigenvalue weighted by Gasteiger charge is 2.28. The maximum absolute atomic E-state index is 5.28. The molecule has 0 radical (unpaired) electrons. The number of rotatable bonds is 9. The number of ether oxygens (including phenoxy) is 1. The van der Waals surface area contributed by atoms with Gasteiger partial charge in [0.15, 0.2) is 5.82 Å². The fourth-order valence-electron chi connectivity index (χ4n) is 4.32. The lowest BCUT2D eigenvalue weighted by molar-refractivity contribution is 0.164. The van der Waals surface area contributed by atoms with Crippen LogP contribution in [0.5, 0.6) is 5.75 Å². The van der Waals surface area contributed by atoms with Crippen LogP contribution < -0.4 is 9.64 Å². The van der Waals surface area contributed by atoms with Crippen LogP contribution in [-0.2, 0) is 13.0 Å². The molecule has 1 atom stereocenters. The predicted octanol–water partition coefficient (Wildman–Crippen LogP) is 3.59. The zero-order chi connectivity index (χ0) is 21.5. The Hall–Kier alpha value is -2.93. The van der Waals surface area contributed by atoms with Crippen molar-refractivity contribution in [3.8, 4) is 5.75 Å². The van der Waals surface area contributed by atoms with Gasteiger partial charge < -0.3 is 9.64 Å². The Morgan fingerprint density at radius 1 is 0.968 bits per heavy atom. The summed E-state index contributed by atoms with van der Waals surface area (Å²) in [6.45, 7) is 7.04. The number of anilines is 1. The summed E-state index contributed by atoms with van der Waals surface area (Å²) in [5.41, 5.74) is 2.56. The van der Waals surface area contributed by atoms with Gasteiger partial charge in [0.1, 0.15) is 5.75 Å². The second kappa shape index (κ2) is 10.4. The number of methoxy groups -OCH3 is 1. The third-order valence-electron chi connectivity index (χ3n) is 6.07. The molecule has 4 rings (SSSR count). The van der Waals surface area contributed by atoms with Crippen LogP contribution in [0, 0.1) is 0 Å². The van der Waals surface area contributed by atoms with Crippen molar-refractivity contribution in [2.75, 3.05) is 38.2 Å². The van der Waals surface area contributed by atoms with Crippen molar-refractivity contribution < 1.29 is 4.74 Å². The van der Waals surface area contributed by atoms with Gasteiger partial charge >= 0.3 is 0 Å². The first-order valence-corrected chi connectivity index (χ1v) is 11.2. The normalized spacial score (nSPS) is 15.7. The quantitative estimate of drug-likeness (QED) is 0.527. The minimum Gasteiger partial charge on any atom is -0.497 e. The highest BCUT2D eigenvalue weighted by atomic mass is 16.5. The van der Waals surface area contributed by atoms with Crippen molar-refractivity contribution in [2.24, 2.45) is 0 Å². The molecule has 1 unspecified atom stereocenters. The monoisotopic (exact) mass is 420 g/mol. The van der Waals surface area contributed by atoms with Crippen molar-refractivity contribution in [3.63, 3.8) is 0 Å². The molecule has 0 saturated carbocycles. The van der Waals surface area contributed by atoms with Gasteiger partial charge in [0, 0.05) is 38.4 Å². The van der Waals surface area contributed by atoms with Gasteiger partial charge in [-0.25, -0.2) is 4.68 Å². The van der Waals surface area contributed by atoms with E-state index in [0.717, 1.165) is 63.6 Å². The molecule has 7 heteroatoms. The highest BCUT2D eigenvalue weighted by molar-refractivity contribution is 5.49. The number of aromatic nitrogens is 4. The fourth-order valence-corrected chi connectivity index (χ4v) is 4.32. The summed E-state index contributed by atoms with van der Waals surface area (Å²) >= 11 is 0. The molecule has 0 amide bonds. The minimum absolute atomic E-state index is 0.258. The SMILES string of the molecule is CCCC(c1nnnn1CCc1ccccc1)N1CCN(c2ccc(OC)cc2)CC1. The Morgan fingerprint density at radius 3 is 2.39 bits per heavy atom.